The molecule has 3 N–H and O–H groups in total. The Morgan fingerprint density at radius 2 is 2.27 bits per heavy atom. The van der Waals surface area contributed by atoms with E-state index < -0.39 is 0 Å². The van der Waals surface area contributed by atoms with Crippen molar-refractivity contribution in [3.63, 3.8) is 0 Å². The summed E-state index contributed by atoms with van der Waals surface area (Å²) in [5.41, 5.74) is 4.90. The zero-order chi connectivity index (χ0) is 11.4. The van der Waals surface area contributed by atoms with Crippen LogP contribution in [-0.2, 0) is 0 Å². The minimum atomic E-state index is 0.0532. The van der Waals surface area contributed by atoms with Crippen molar-refractivity contribution < 1.29 is 0 Å². The van der Waals surface area contributed by atoms with Crippen LogP contribution in [-0.4, -0.2) is 0 Å². The fraction of sp³-hybridized carbons (Fsp3) is 0.273. The van der Waals surface area contributed by atoms with E-state index in [1.54, 1.807) is 0 Å². The van der Waals surface area contributed by atoms with Crippen molar-refractivity contribution in [1.29, 1.82) is 0 Å². The minimum Gasteiger partial charge on any atom is -0.271 e. The molecule has 0 aliphatic carbocycles. The lowest BCUT2D eigenvalue weighted by Gasteiger charge is -2.16. The van der Waals surface area contributed by atoms with E-state index in [-0.39, 0.29) is 6.04 Å². The second kappa shape index (κ2) is 5.66. The van der Waals surface area contributed by atoms with Crippen LogP contribution < -0.4 is 11.3 Å². The molecule has 0 spiro atoms. The van der Waals surface area contributed by atoms with Gasteiger partial charge in [-0.05, 0) is 37.1 Å². The summed E-state index contributed by atoms with van der Waals surface area (Å²) in [5, 5.41) is 0.696. The number of nitrogens with two attached hydrogens (primary N) is 1. The van der Waals surface area contributed by atoms with Gasteiger partial charge in [0.05, 0.1) is 0 Å². The normalized spacial score (nSPS) is 12.5. The lowest BCUT2D eigenvalue weighted by molar-refractivity contribution is 0.550. The third-order valence-corrected chi connectivity index (χ3v) is 2.72. The first-order valence-corrected chi connectivity index (χ1v) is 5.76. The van der Waals surface area contributed by atoms with Crippen LogP contribution in [0.4, 0.5) is 0 Å². The summed E-state index contributed by atoms with van der Waals surface area (Å²) >= 11 is 9.37. The van der Waals surface area contributed by atoms with Gasteiger partial charge >= 0.3 is 0 Å². The van der Waals surface area contributed by atoms with Gasteiger partial charge < -0.3 is 0 Å². The molecule has 1 atom stereocenters. The quantitative estimate of drug-likeness (QED) is 0.505. The van der Waals surface area contributed by atoms with E-state index in [0.29, 0.717) is 5.02 Å². The van der Waals surface area contributed by atoms with Gasteiger partial charge in [0.25, 0.3) is 0 Å². The van der Waals surface area contributed by atoms with Crippen molar-refractivity contribution in [2.75, 3.05) is 0 Å². The SMILES string of the molecule is C=C(C)CC(NN)c1cc(Cl)cc(Br)c1. The number of hydrogen-bond donors (Lipinski definition) is 2. The van der Waals surface area contributed by atoms with Gasteiger partial charge in [-0.3, -0.25) is 11.3 Å². The van der Waals surface area contributed by atoms with Crippen LogP contribution >= 0.6 is 27.5 Å². The maximum absolute atomic E-state index is 5.97. The first-order valence-electron chi connectivity index (χ1n) is 4.59. The Balaban J connectivity index is 2.95. The van der Waals surface area contributed by atoms with Crippen LogP contribution in [0, 0.1) is 0 Å². The van der Waals surface area contributed by atoms with Crippen molar-refractivity contribution in [2.45, 2.75) is 19.4 Å². The number of benzene rings is 1. The summed E-state index contributed by atoms with van der Waals surface area (Å²) in [4.78, 5) is 0. The Labute approximate surface area is 104 Å². The van der Waals surface area contributed by atoms with Crippen LogP contribution in [0.3, 0.4) is 0 Å². The van der Waals surface area contributed by atoms with E-state index >= 15 is 0 Å². The van der Waals surface area contributed by atoms with Crippen LogP contribution in [0.1, 0.15) is 24.9 Å². The lowest BCUT2D eigenvalue weighted by atomic mass is 10.0. The first kappa shape index (κ1) is 12.7. The summed E-state index contributed by atoms with van der Waals surface area (Å²) in [6.07, 6.45) is 0.795. The average molecular weight is 290 g/mol. The molecule has 2 nitrogen and oxygen atoms in total. The molecule has 15 heavy (non-hydrogen) atoms. The van der Waals surface area contributed by atoms with E-state index in [1.165, 1.54) is 0 Å². The lowest BCUT2D eigenvalue weighted by Crippen LogP contribution is -2.28. The fourth-order valence-corrected chi connectivity index (χ4v) is 2.28. The first-order chi connectivity index (χ1) is 7.02. The molecule has 0 radical (unpaired) electrons. The molecule has 4 heteroatoms. The van der Waals surface area contributed by atoms with E-state index in [1.807, 2.05) is 25.1 Å². The summed E-state index contributed by atoms with van der Waals surface area (Å²) in [5.74, 6) is 5.50. The maximum atomic E-state index is 5.97. The van der Waals surface area contributed by atoms with Gasteiger partial charge in [-0.15, -0.1) is 6.58 Å². The highest BCUT2D eigenvalue weighted by atomic mass is 79.9. The summed E-state index contributed by atoms with van der Waals surface area (Å²) in [7, 11) is 0. The average Bonchev–Trinajstić information content (AvgIpc) is 2.12. The standard InChI is InChI=1S/C11H14BrClN2/c1-7(2)3-11(15-14)8-4-9(12)6-10(13)5-8/h4-6,11,15H,1,3,14H2,2H3. The van der Waals surface area contributed by atoms with Gasteiger partial charge in [0.1, 0.15) is 0 Å². The Morgan fingerprint density at radius 1 is 1.60 bits per heavy atom. The number of hydrazine groups is 1. The molecule has 0 aromatic heterocycles. The molecule has 0 bridgehead atoms. The number of nitrogens with one attached hydrogen (secondary N) is 1. The van der Waals surface area contributed by atoms with E-state index in [9.17, 15) is 0 Å². The van der Waals surface area contributed by atoms with Crippen molar-refractivity contribution in [3.8, 4) is 0 Å². The third-order valence-electron chi connectivity index (χ3n) is 2.04. The molecule has 82 valence electrons. The van der Waals surface area contributed by atoms with Gasteiger partial charge in [0.15, 0.2) is 0 Å². The second-order valence-corrected chi connectivity index (χ2v) is 4.94. The van der Waals surface area contributed by atoms with Gasteiger partial charge in [0, 0.05) is 15.5 Å². The van der Waals surface area contributed by atoms with E-state index in [2.05, 4.69) is 27.9 Å². The molecule has 1 aromatic rings. The minimum absolute atomic E-state index is 0.0532. The molecular formula is C11H14BrClN2. The van der Waals surface area contributed by atoms with Gasteiger partial charge in [0.2, 0.25) is 0 Å². The van der Waals surface area contributed by atoms with Crippen molar-refractivity contribution >= 4 is 27.5 Å². The zero-order valence-electron chi connectivity index (χ0n) is 8.56. The predicted molar refractivity (Wildman–Crippen MR) is 68.6 cm³/mol. The summed E-state index contributed by atoms with van der Waals surface area (Å²) in [6, 6.07) is 5.80. The van der Waals surface area contributed by atoms with Gasteiger partial charge in [-0.25, -0.2) is 0 Å². The van der Waals surface area contributed by atoms with Crippen molar-refractivity contribution in [2.24, 2.45) is 5.84 Å². The topological polar surface area (TPSA) is 38.0 Å². The highest BCUT2D eigenvalue weighted by Crippen LogP contribution is 2.26. The molecule has 0 heterocycles. The number of rotatable bonds is 4. The Bertz CT molecular complexity index is 345. The molecule has 0 saturated carbocycles. The molecular weight excluding hydrogens is 275 g/mol. The third kappa shape index (κ3) is 3.95. The predicted octanol–water partition coefficient (Wildman–Crippen LogP) is 3.57. The highest BCUT2D eigenvalue weighted by molar-refractivity contribution is 9.10. The van der Waals surface area contributed by atoms with Crippen LogP contribution in [0.15, 0.2) is 34.8 Å². The second-order valence-electron chi connectivity index (χ2n) is 3.58. The smallest absolute Gasteiger partial charge is 0.0497 e. The van der Waals surface area contributed by atoms with Crippen molar-refractivity contribution in [1.82, 2.24) is 5.43 Å². The number of hydrogen-bond acceptors (Lipinski definition) is 2. The van der Waals surface area contributed by atoms with Crippen LogP contribution in [0.2, 0.25) is 5.02 Å². The summed E-state index contributed by atoms with van der Waals surface area (Å²) in [6.45, 7) is 5.85. The van der Waals surface area contributed by atoms with Gasteiger partial charge in [-0.2, -0.15) is 0 Å². The Kier molecular flexibility index (Phi) is 4.80. The van der Waals surface area contributed by atoms with E-state index in [4.69, 9.17) is 17.4 Å². The Morgan fingerprint density at radius 3 is 2.73 bits per heavy atom. The van der Waals surface area contributed by atoms with Crippen molar-refractivity contribution in [3.05, 3.63) is 45.4 Å². The van der Waals surface area contributed by atoms with Crippen LogP contribution in [0.25, 0.3) is 0 Å². The highest BCUT2D eigenvalue weighted by Gasteiger charge is 2.10. The largest absolute Gasteiger partial charge is 0.271 e. The summed E-state index contributed by atoms with van der Waals surface area (Å²) < 4.78 is 0.951. The molecule has 1 unspecified atom stereocenters. The van der Waals surface area contributed by atoms with Gasteiger partial charge in [-0.1, -0.05) is 33.1 Å². The molecule has 0 aliphatic heterocycles. The maximum Gasteiger partial charge on any atom is 0.0497 e. The Hall–Kier alpha value is -0.350. The molecule has 1 rings (SSSR count). The fourth-order valence-electron chi connectivity index (χ4n) is 1.40. The molecule has 0 fully saturated rings. The van der Waals surface area contributed by atoms with Crippen LogP contribution in [0.5, 0.6) is 0 Å². The molecule has 0 saturated heterocycles. The van der Waals surface area contributed by atoms with E-state index in [0.717, 1.165) is 22.0 Å². The monoisotopic (exact) mass is 288 g/mol. The molecule has 0 aliphatic rings. The zero-order valence-corrected chi connectivity index (χ0v) is 10.9. The molecule has 0 amide bonds. The number of halogens is 2. The molecule has 1 aromatic carbocycles.